The first-order valence-electron chi connectivity index (χ1n) is 5.60. The van der Waals surface area contributed by atoms with Crippen LogP contribution in [0.4, 0.5) is 0 Å². The number of carbonyl (C=O) groups is 1. The maximum absolute atomic E-state index is 11.1. The number of carbonyl (C=O) groups excluding carboxylic acids is 1. The molecule has 0 saturated heterocycles. The van der Waals surface area contributed by atoms with Crippen LogP contribution in [-0.2, 0) is 9.53 Å². The number of rotatable bonds is 6. The highest BCUT2D eigenvalue weighted by Crippen LogP contribution is 2.32. The Bertz CT molecular complexity index is 258. The Balaban J connectivity index is 2.26. The molecule has 0 saturated carbocycles. The minimum atomic E-state index is -0.872. The van der Waals surface area contributed by atoms with Crippen LogP contribution in [0.25, 0.3) is 0 Å². The van der Waals surface area contributed by atoms with Gasteiger partial charge >= 0.3 is 0 Å². The zero-order valence-electron chi connectivity index (χ0n) is 9.58. The smallest absolute Gasteiger partial charge is 0.158 e. The molecule has 3 nitrogen and oxygen atoms in total. The van der Waals surface area contributed by atoms with Gasteiger partial charge in [0, 0.05) is 19.6 Å². The van der Waals surface area contributed by atoms with Crippen LogP contribution >= 0.6 is 0 Å². The highest BCUT2D eigenvalue weighted by atomic mass is 16.5. The molecule has 1 atom stereocenters. The van der Waals surface area contributed by atoms with Crippen molar-refractivity contribution in [3.63, 3.8) is 0 Å². The maximum atomic E-state index is 11.1. The van der Waals surface area contributed by atoms with Crippen LogP contribution < -0.4 is 0 Å². The van der Waals surface area contributed by atoms with E-state index >= 15 is 0 Å². The van der Waals surface area contributed by atoms with Crippen molar-refractivity contribution in [2.24, 2.45) is 0 Å². The van der Waals surface area contributed by atoms with Crippen molar-refractivity contribution in [2.45, 2.75) is 45.1 Å². The Morgan fingerprint density at radius 1 is 1.53 bits per heavy atom. The van der Waals surface area contributed by atoms with E-state index in [0.717, 1.165) is 31.6 Å². The predicted molar refractivity (Wildman–Crippen MR) is 58.7 cm³/mol. The quantitative estimate of drug-likeness (QED) is 0.683. The second kappa shape index (κ2) is 5.42. The highest BCUT2D eigenvalue weighted by molar-refractivity contribution is 5.94. The summed E-state index contributed by atoms with van der Waals surface area (Å²) in [4.78, 5) is 11.1. The first-order chi connectivity index (χ1) is 7.08. The third-order valence-corrected chi connectivity index (χ3v) is 2.91. The summed E-state index contributed by atoms with van der Waals surface area (Å²) in [5, 5.41) is 10.2. The molecule has 1 aliphatic carbocycles. The van der Waals surface area contributed by atoms with Gasteiger partial charge in [-0.15, -0.1) is 0 Å². The van der Waals surface area contributed by atoms with Gasteiger partial charge in [0.15, 0.2) is 5.78 Å². The molecule has 0 aromatic carbocycles. The molecule has 15 heavy (non-hydrogen) atoms. The van der Waals surface area contributed by atoms with E-state index in [1.165, 1.54) is 0 Å². The number of allylic oxidation sites excluding steroid dienone is 1. The van der Waals surface area contributed by atoms with Gasteiger partial charge in [0.05, 0.1) is 5.60 Å². The van der Waals surface area contributed by atoms with E-state index in [9.17, 15) is 9.90 Å². The molecule has 1 N–H and O–H groups in total. The third kappa shape index (κ3) is 3.43. The molecule has 0 bridgehead atoms. The number of ketones is 1. The molecule has 0 fully saturated rings. The number of hydrogen-bond donors (Lipinski definition) is 1. The Kier molecular flexibility index (Phi) is 4.48. The number of hydrogen-bond acceptors (Lipinski definition) is 3. The molecule has 0 aliphatic heterocycles. The van der Waals surface area contributed by atoms with Gasteiger partial charge in [-0.2, -0.15) is 0 Å². The number of unbranched alkanes of at least 4 members (excludes halogenated alkanes) is 1. The molecule has 0 heterocycles. The number of aliphatic hydroxyl groups is 1. The van der Waals surface area contributed by atoms with Gasteiger partial charge in [-0.25, -0.2) is 0 Å². The lowest BCUT2D eigenvalue weighted by molar-refractivity contribution is -0.116. The Morgan fingerprint density at radius 3 is 2.80 bits per heavy atom. The summed E-state index contributed by atoms with van der Waals surface area (Å²) < 4.78 is 5.22. The van der Waals surface area contributed by atoms with Crippen molar-refractivity contribution in [2.75, 3.05) is 13.2 Å². The molecule has 86 valence electrons. The van der Waals surface area contributed by atoms with Crippen LogP contribution in [0.15, 0.2) is 11.6 Å². The minimum Gasteiger partial charge on any atom is -0.385 e. The van der Waals surface area contributed by atoms with E-state index in [1.54, 1.807) is 6.08 Å². The zero-order chi connectivity index (χ0) is 11.3. The summed E-state index contributed by atoms with van der Waals surface area (Å²) in [6, 6.07) is 0. The summed E-state index contributed by atoms with van der Waals surface area (Å²) >= 11 is 0. The summed E-state index contributed by atoms with van der Waals surface area (Å²) in [5.41, 5.74) is -0.0626. The molecule has 0 spiro atoms. The fourth-order valence-electron chi connectivity index (χ4n) is 1.91. The van der Waals surface area contributed by atoms with E-state index in [2.05, 4.69) is 0 Å². The summed E-state index contributed by atoms with van der Waals surface area (Å²) in [6.45, 7) is 5.27. The average molecular weight is 212 g/mol. The van der Waals surface area contributed by atoms with Crippen LogP contribution in [0.5, 0.6) is 0 Å². The first-order valence-corrected chi connectivity index (χ1v) is 5.60. The van der Waals surface area contributed by atoms with Crippen molar-refractivity contribution in [3.8, 4) is 0 Å². The lowest BCUT2D eigenvalue weighted by Gasteiger charge is -2.23. The zero-order valence-corrected chi connectivity index (χ0v) is 9.58. The normalized spacial score (nSPS) is 25.8. The predicted octanol–water partition coefficient (Wildman–Crippen LogP) is 1.84. The maximum Gasteiger partial charge on any atom is 0.158 e. The largest absolute Gasteiger partial charge is 0.385 e. The molecule has 3 heteroatoms. The first kappa shape index (κ1) is 12.4. The van der Waals surface area contributed by atoms with E-state index in [4.69, 9.17) is 4.74 Å². The molecular weight excluding hydrogens is 192 g/mol. The van der Waals surface area contributed by atoms with Crippen molar-refractivity contribution < 1.29 is 14.6 Å². The summed E-state index contributed by atoms with van der Waals surface area (Å²) in [5.74, 6) is 0.0415. The third-order valence-electron chi connectivity index (χ3n) is 2.91. The second-order valence-corrected chi connectivity index (χ2v) is 4.16. The lowest BCUT2D eigenvalue weighted by atomic mass is 9.90. The molecule has 1 aliphatic rings. The second-order valence-electron chi connectivity index (χ2n) is 4.16. The van der Waals surface area contributed by atoms with Crippen LogP contribution in [-0.4, -0.2) is 29.7 Å². The molecule has 0 amide bonds. The number of ether oxygens (including phenoxy) is 1. The Hall–Kier alpha value is -0.670. The van der Waals surface area contributed by atoms with Crippen LogP contribution in [0, 0.1) is 0 Å². The summed E-state index contributed by atoms with van der Waals surface area (Å²) in [7, 11) is 0. The average Bonchev–Trinajstić information content (AvgIpc) is 2.41. The topological polar surface area (TPSA) is 46.5 Å². The van der Waals surface area contributed by atoms with Crippen molar-refractivity contribution in [3.05, 3.63) is 11.6 Å². The van der Waals surface area contributed by atoms with Gasteiger partial charge in [0.1, 0.15) is 0 Å². The Morgan fingerprint density at radius 2 is 2.27 bits per heavy atom. The minimum absolute atomic E-state index is 0.0415. The van der Waals surface area contributed by atoms with Gasteiger partial charge in [-0.3, -0.25) is 4.79 Å². The molecule has 1 unspecified atom stereocenters. The van der Waals surface area contributed by atoms with Gasteiger partial charge in [-0.05, 0) is 44.8 Å². The van der Waals surface area contributed by atoms with Crippen molar-refractivity contribution in [1.82, 2.24) is 0 Å². The van der Waals surface area contributed by atoms with E-state index in [0.29, 0.717) is 6.42 Å². The van der Waals surface area contributed by atoms with E-state index in [1.807, 2.05) is 13.8 Å². The SMILES string of the molecule is CCOCCCCC1(O)CC(=O)C=C1C. The lowest BCUT2D eigenvalue weighted by Crippen LogP contribution is -2.28. The van der Waals surface area contributed by atoms with Gasteiger partial charge < -0.3 is 9.84 Å². The van der Waals surface area contributed by atoms with Gasteiger partial charge in [-0.1, -0.05) is 0 Å². The van der Waals surface area contributed by atoms with Crippen LogP contribution in [0.1, 0.15) is 39.5 Å². The van der Waals surface area contributed by atoms with E-state index < -0.39 is 5.60 Å². The van der Waals surface area contributed by atoms with Crippen LogP contribution in [0.2, 0.25) is 0 Å². The molecular formula is C12H20O3. The van der Waals surface area contributed by atoms with E-state index in [-0.39, 0.29) is 12.2 Å². The highest BCUT2D eigenvalue weighted by Gasteiger charge is 2.35. The monoisotopic (exact) mass is 212 g/mol. The Labute approximate surface area is 91.1 Å². The molecule has 0 aromatic rings. The molecule has 1 rings (SSSR count). The molecule has 0 aromatic heterocycles. The van der Waals surface area contributed by atoms with Gasteiger partial charge in [0.25, 0.3) is 0 Å². The van der Waals surface area contributed by atoms with Gasteiger partial charge in [0.2, 0.25) is 0 Å². The van der Waals surface area contributed by atoms with Crippen LogP contribution in [0.3, 0.4) is 0 Å². The summed E-state index contributed by atoms with van der Waals surface area (Å²) in [6.07, 6.45) is 4.32. The molecule has 0 radical (unpaired) electrons. The van der Waals surface area contributed by atoms with Crippen molar-refractivity contribution in [1.29, 1.82) is 0 Å². The van der Waals surface area contributed by atoms with Crippen molar-refractivity contribution >= 4 is 5.78 Å². The standard InChI is InChI=1S/C12H20O3/c1-3-15-7-5-4-6-12(14)9-11(13)8-10(12)2/h8,14H,3-7,9H2,1-2H3. The fraction of sp³-hybridized carbons (Fsp3) is 0.750. The fourth-order valence-corrected chi connectivity index (χ4v) is 1.91.